The van der Waals surface area contributed by atoms with Gasteiger partial charge >= 0.3 is 20.0 Å². The van der Waals surface area contributed by atoms with E-state index in [1.165, 1.54) is 15.9 Å². The first-order chi connectivity index (χ1) is 31.6. The summed E-state index contributed by atoms with van der Waals surface area (Å²) in [6.45, 7) is 1.09. The van der Waals surface area contributed by atoms with E-state index in [4.69, 9.17) is 37.2 Å². The van der Waals surface area contributed by atoms with Crippen LogP contribution < -0.4 is 19.1 Å². The number of thioether (sulfide) groups is 1. The summed E-state index contributed by atoms with van der Waals surface area (Å²) in [5.74, 6) is 0.0838. The Hall–Kier alpha value is -5.02. The molecular weight excluding hydrogens is 926 g/mol. The molecule has 0 radical (unpaired) electrons. The molecule has 5 aromatic rings. The van der Waals surface area contributed by atoms with Crippen LogP contribution in [0, 0.1) is 16.2 Å². The molecule has 0 bridgehead atoms. The number of carbonyl (C=O) groups excluding carboxylic acids is 4. The van der Waals surface area contributed by atoms with Gasteiger partial charge in [0, 0.05) is 103 Å². The lowest BCUT2D eigenvalue weighted by Gasteiger charge is -2.37. The number of fused-ring (bicyclic) bond motifs is 6. The van der Waals surface area contributed by atoms with Crippen LogP contribution in [0.4, 0.5) is 21.0 Å². The number of anilines is 2. The molecule has 10 rings (SSSR count). The van der Waals surface area contributed by atoms with Gasteiger partial charge in [-0.2, -0.15) is 0 Å². The van der Waals surface area contributed by atoms with Crippen molar-refractivity contribution in [2.45, 2.75) is 42.6 Å². The maximum Gasteiger partial charge on any atom is 0.524 e. The van der Waals surface area contributed by atoms with Crippen molar-refractivity contribution in [3.05, 3.63) is 102 Å². The molecule has 5 unspecified atom stereocenters. The molecule has 0 aromatic heterocycles. The normalized spacial score (nSPS) is 24.2. The largest absolute Gasteiger partial charge is 0.524 e. The van der Waals surface area contributed by atoms with E-state index in [0.29, 0.717) is 53.3 Å². The summed E-state index contributed by atoms with van der Waals surface area (Å²) < 4.78 is 28.8. The smallest absolute Gasteiger partial charge is 0.445 e. The highest BCUT2D eigenvalue weighted by Crippen LogP contribution is 3.01. The van der Waals surface area contributed by atoms with Gasteiger partial charge in [0.1, 0.15) is 18.1 Å². The molecule has 1 spiro atoms. The lowest BCUT2D eigenvalue weighted by atomic mass is 9.72. The molecule has 2 heterocycles. The minimum atomic E-state index is -4.94. The van der Waals surface area contributed by atoms with E-state index in [0.717, 1.165) is 27.0 Å². The monoisotopic (exact) mass is 972 g/mol. The summed E-state index contributed by atoms with van der Waals surface area (Å²) >= 11 is 14.7. The van der Waals surface area contributed by atoms with Crippen LogP contribution >= 0.6 is 42.8 Å². The lowest BCUT2D eigenvalue weighted by Crippen LogP contribution is -2.49. The number of hydrogen-bond acceptors (Lipinski definition) is 9. The predicted molar refractivity (Wildman–Crippen MR) is 253 cm³/mol. The van der Waals surface area contributed by atoms with Crippen LogP contribution in [0.1, 0.15) is 47.8 Å². The number of phosphoric ester groups is 1. The van der Waals surface area contributed by atoms with Gasteiger partial charge in [-0.25, -0.2) is 14.2 Å². The number of phosphoric acid groups is 1. The Labute approximate surface area is 395 Å². The summed E-state index contributed by atoms with van der Waals surface area (Å²) in [7, 11) is -1.75. The Bertz CT molecular complexity index is 2940. The van der Waals surface area contributed by atoms with Crippen LogP contribution in [0.5, 0.6) is 11.5 Å². The number of amides is 4. The highest BCUT2D eigenvalue weighted by atomic mass is 35.5. The van der Waals surface area contributed by atoms with E-state index in [9.17, 15) is 33.5 Å². The average Bonchev–Trinajstić information content (AvgIpc) is 3.82. The van der Waals surface area contributed by atoms with Crippen LogP contribution in [0.3, 0.4) is 0 Å². The number of benzene rings is 5. The van der Waals surface area contributed by atoms with E-state index in [1.807, 2.05) is 66.9 Å². The zero-order valence-corrected chi connectivity index (χ0v) is 39.6. The minimum Gasteiger partial charge on any atom is -0.445 e. The summed E-state index contributed by atoms with van der Waals surface area (Å²) in [6.07, 6.45) is 2.26. The number of halogens is 2. The quantitative estimate of drug-likeness (QED) is 0.0657. The van der Waals surface area contributed by atoms with Gasteiger partial charge in [0.15, 0.2) is 0 Å². The summed E-state index contributed by atoms with van der Waals surface area (Å²) in [4.78, 5) is 83.1. The molecule has 5 aromatic carbocycles. The van der Waals surface area contributed by atoms with Crippen molar-refractivity contribution in [2.75, 3.05) is 68.1 Å². The number of hydrogen-bond donors (Lipinski definition) is 2. The fraction of sp³-hybridized carbons (Fsp3) is 0.375. The van der Waals surface area contributed by atoms with Crippen LogP contribution in [-0.2, 0) is 25.5 Å². The standard InChI is InChI=1S/C48H47Cl2N4O10PS/c1-51(44(57)62-24-28-10-4-9-15-39(28)66-3)16-17-52(2)45(58)63-37-18-35-40(33-13-7-5-11-31(33)37)29(20-49)22-53(35)42(55)46-25-47(27-48(46,47)26-46)43(56)54-23-30(21-50)41-34-14-8-6-12-32(34)38(19-36(41)54)64-65(59,60)61/h4-15,18-19,29-30H,16-17,20-27H2,1-3H3,(H2,59,60,61). The third-order valence-corrected chi connectivity index (χ3v) is 16.7. The van der Waals surface area contributed by atoms with Crippen molar-refractivity contribution in [1.82, 2.24) is 9.80 Å². The van der Waals surface area contributed by atoms with Gasteiger partial charge < -0.3 is 33.6 Å². The maximum absolute atomic E-state index is 15.0. The molecule has 14 nitrogen and oxygen atoms in total. The molecule has 4 amide bonds. The third kappa shape index (κ3) is 6.94. The van der Waals surface area contributed by atoms with Crippen molar-refractivity contribution in [3.8, 4) is 11.5 Å². The SMILES string of the molecule is CSc1ccccc1COC(=O)N(C)CCN(C)C(=O)Oc1cc2c(c3ccccc13)C(CCl)CN2C(=O)C12CC3(C(=O)N4CC(CCl)c5c4cc(OP(=O)(O)O)c4ccccc54)CC13C2. The first kappa shape index (κ1) is 44.8. The van der Waals surface area contributed by atoms with Gasteiger partial charge in [0.05, 0.1) is 22.2 Å². The van der Waals surface area contributed by atoms with Crippen LogP contribution in [0.25, 0.3) is 21.5 Å². The Balaban J connectivity index is 0.862. The predicted octanol–water partition coefficient (Wildman–Crippen LogP) is 9.09. The van der Waals surface area contributed by atoms with Crippen LogP contribution in [-0.4, -0.2) is 102 Å². The van der Waals surface area contributed by atoms with Gasteiger partial charge in [0.2, 0.25) is 11.8 Å². The number of rotatable bonds is 13. The molecule has 3 saturated carbocycles. The number of likely N-dealkylation sites (N-methyl/N-ethyl adjacent to an activating group) is 2. The molecule has 344 valence electrons. The van der Waals surface area contributed by atoms with Crippen molar-refractivity contribution >= 4 is 99.7 Å². The Morgan fingerprint density at radius 3 is 1.73 bits per heavy atom. The van der Waals surface area contributed by atoms with Crippen molar-refractivity contribution in [1.29, 1.82) is 0 Å². The highest BCUT2D eigenvalue weighted by molar-refractivity contribution is 7.98. The molecule has 66 heavy (non-hydrogen) atoms. The Kier molecular flexibility index (Phi) is 11.1. The van der Waals surface area contributed by atoms with E-state index in [2.05, 4.69) is 0 Å². The van der Waals surface area contributed by atoms with Crippen LogP contribution in [0.15, 0.2) is 89.8 Å². The number of carbonyl (C=O) groups is 4. The first-order valence-corrected chi connectivity index (χ1v) is 25.5. The van der Waals surface area contributed by atoms with E-state index < -0.39 is 36.3 Å². The molecule has 18 heteroatoms. The van der Waals surface area contributed by atoms with Gasteiger partial charge in [0.25, 0.3) is 0 Å². The molecule has 3 aliphatic carbocycles. The Morgan fingerprint density at radius 2 is 1.21 bits per heavy atom. The van der Waals surface area contributed by atoms with Gasteiger partial charge in [-0.3, -0.25) is 19.4 Å². The first-order valence-electron chi connectivity index (χ1n) is 21.7. The lowest BCUT2D eigenvalue weighted by molar-refractivity contribution is -0.134. The minimum absolute atomic E-state index is 0.0295. The van der Waals surface area contributed by atoms with Gasteiger partial charge in [-0.15, -0.1) is 35.0 Å². The molecule has 5 aliphatic rings. The third-order valence-electron chi connectivity index (χ3n) is 14.7. The fourth-order valence-electron chi connectivity index (χ4n) is 11.4. The number of ether oxygens (including phenoxy) is 2. The van der Waals surface area contributed by atoms with E-state index in [1.54, 1.807) is 53.9 Å². The van der Waals surface area contributed by atoms with Gasteiger partial charge in [-0.1, -0.05) is 66.7 Å². The second-order valence-electron chi connectivity index (χ2n) is 18.2. The molecule has 2 aliphatic heterocycles. The second kappa shape index (κ2) is 16.3. The summed E-state index contributed by atoms with van der Waals surface area (Å²) in [5.41, 5.74) is 1.72. The maximum atomic E-state index is 15.0. The number of nitrogens with zero attached hydrogens (tertiary/aromatic N) is 4. The summed E-state index contributed by atoms with van der Waals surface area (Å²) in [6, 6.07) is 25.7. The topological polar surface area (TPSA) is 166 Å². The molecule has 3 fully saturated rings. The average molecular weight is 974 g/mol. The summed E-state index contributed by atoms with van der Waals surface area (Å²) in [5, 5.41) is 2.71. The van der Waals surface area contributed by atoms with E-state index >= 15 is 0 Å². The van der Waals surface area contributed by atoms with Crippen LogP contribution in [0.2, 0.25) is 0 Å². The van der Waals surface area contributed by atoms with Crippen molar-refractivity contribution in [2.24, 2.45) is 16.2 Å². The highest BCUT2D eigenvalue weighted by Gasteiger charge is 3.01. The molecule has 0 saturated heterocycles. The number of alkyl halides is 2. The molecular formula is C48H47Cl2N4O10PS. The Morgan fingerprint density at radius 1 is 0.727 bits per heavy atom. The van der Waals surface area contributed by atoms with E-state index in [-0.39, 0.29) is 73.2 Å². The van der Waals surface area contributed by atoms with Gasteiger partial charge in [-0.05, 0) is 53.5 Å². The van der Waals surface area contributed by atoms with Crippen molar-refractivity contribution < 1.29 is 47.5 Å². The molecule has 2 N–H and O–H groups in total. The second-order valence-corrected chi connectivity index (χ2v) is 20.8. The molecule has 5 atom stereocenters. The fourth-order valence-corrected chi connectivity index (χ4v) is 12.9. The zero-order valence-electron chi connectivity index (χ0n) is 36.4. The van der Waals surface area contributed by atoms with Crippen molar-refractivity contribution in [3.63, 3.8) is 0 Å². The zero-order chi connectivity index (χ0) is 46.5.